The molecule has 0 N–H and O–H groups in total. The quantitative estimate of drug-likeness (QED) is 0.172. The number of fused-ring (bicyclic) bond motifs is 17. The van der Waals surface area contributed by atoms with E-state index in [1.165, 1.54) is 77.1 Å². The van der Waals surface area contributed by atoms with Crippen LogP contribution in [0.5, 0.6) is 0 Å². The summed E-state index contributed by atoms with van der Waals surface area (Å²) in [6, 6.07) is 89.4. The van der Waals surface area contributed by atoms with Gasteiger partial charge in [0.15, 0.2) is 0 Å². The molecule has 15 rings (SSSR count). The lowest BCUT2D eigenvalue weighted by Crippen LogP contribution is -2.26. The summed E-state index contributed by atoms with van der Waals surface area (Å²) in [7, 11) is 0. The molecule has 0 unspecified atom stereocenters. The average molecular weight is 865 g/mol. The summed E-state index contributed by atoms with van der Waals surface area (Å²) >= 11 is 0. The Morgan fingerprint density at radius 2 is 0.853 bits per heavy atom. The largest absolute Gasteiger partial charge is 0.455 e. The summed E-state index contributed by atoms with van der Waals surface area (Å²) in [5.74, 6) is 0. The van der Waals surface area contributed by atoms with Gasteiger partial charge in [-0.1, -0.05) is 182 Å². The maximum absolute atomic E-state index is 6.95. The van der Waals surface area contributed by atoms with Crippen molar-refractivity contribution in [2.24, 2.45) is 0 Å². The minimum Gasteiger partial charge on any atom is -0.455 e. The topological polar surface area (TPSA) is 21.3 Å². The van der Waals surface area contributed by atoms with Crippen molar-refractivity contribution in [3.8, 4) is 39.1 Å². The molecule has 68 heavy (non-hydrogen) atoms. The highest BCUT2D eigenvalue weighted by molar-refractivity contribution is 6.14. The molecule has 2 aliphatic carbocycles. The van der Waals surface area contributed by atoms with E-state index >= 15 is 0 Å². The molecule has 2 heterocycles. The predicted octanol–water partition coefficient (Wildman–Crippen LogP) is 17.3. The number of furan rings is 1. The Bertz CT molecular complexity index is 4130. The molecule has 3 heteroatoms. The predicted molar refractivity (Wildman–Crippen MR) is 282 cm³/mol. The molecule has 0 saturated heterocycles. The van der Waals surface area contributed by atoms with Crippen molar-refractivity contribution in [2.45, 2.75) is 5.41 Å². The number of benzene rings is 11. The van der Waals surface area contributed by atoms with Gasteiger partial charge in [0.25, 0.3) is 0 Å². The van der Waals surface area contributed by atoms with E-state index in [-0.39, 0.29) is 0 Å². The highest BCUT2D eigenvalue weighted by Crippen LogP contribution is 2.63. The molecule has 2 aliphatic rings. The van der Waals surface area contributed by atoms with Crippen LogP contribution in [0.25, 0.3) is 93.6 Å². The lowest BCUT2D eigenvalue weighted by Gasteiger charge is -2.33. The van der Waals surface area contributed by atoms with E-state index in [9.17, 15) is 0 Å². The van der Waals surface area contributed by atoms with Crippen LogP contribution >= 0.6 is 0 Å². The number of hydrogen-bond acceptors (Lipinski definition) is 2. The number of aromatic nitrogens is 1. The van der Waals surface area contributed by atoms with Crippen LogP contribution in [0.15, 0.2) is 247 Å². The van der Waals surface area contributed by atoms with Gasteiger partial charge in [-0.3, -0.25) is 0 Å². The molecule has 0 atom stereocenters. The highest BCUT2D eigenvalue weighted by atomic mass is 16.3. The first-order valence-corrected chi connectivity index (χ1v) is 23.5. The Kier molecular flexibility index (Phi) is 7.71. The molecular formula is C65H40N2O. The zero-order valence-corrected chi connectivity index (χ0v) is 36.9. The Morgan fingerprint density at radius 1 is 0.338 bits per heavy atom. The average Bonchev–Trinajstić information content (AvgIpc) is 4.12. The van der Waals surface area contributed by atoms with Gasteiger partial charge in [-0.2, -0.15) is 0 Å². The van der Waals surface area contributed by atoms with Crippen molar-refractivity contribution in [1.29, 1.82) is 0 Å². The second-order valence-electron chi connectivity index (χ2n) is 18.3. The molecule has 13 aromatic rings. The smallest absolute Gasteiger partial charge is 0.143 e. The van der Waals surface area contributed by atoms with Crippen LogP contribution in [0, 0.1) is 0 Å². The van der Waals surface area contributed by atoms with Gasteiger partial charge in [-0.25, -0.2) is 0 Å². The molecule has 0 fully saturated rings. The normalized spacial score (nSPS) is 13.1. The molecule has 11 aromatic carbocycles. The molecule has 2 aromatic heterocycles. The van der Waals surface area contributed by atoms with Crippen molar-refractivity contribution in [3.63, 3.8) is 0 Å². The van der Waals surface area contributed by atoms with Crippen molar-refractivity contribution in [3.05, 3.63) is 265 Å². The Labute approximate surface area is 393 Å². The van der Waals surface area contributed by atoms with E-state index in [0.717, 1.165) is 55.8 Å². The van der Waals surface area contributed by atoms with E-state index < -0.39 is 5.41 Å². The Morgan fingerprint density at radius 3 is 1.54 bits per heavy atom. The third kappa shape index (κ3) is 5.02. The van der Waals surface area contributed by atoms with E-state index in [1.807, 2.05) is 0 Å². The first kappa shape index (κ1) is 37.3. The SMILES string of the molecule is c1cc(N(c2ccc3c(c2)C2(c4ccccc4-c4ccccc42)c2ccccc2-3)c2ccccc2-c2cccc3c2oc2cc4ccccc4cc23)cc(-n2c3ccccc3c3ccccc32)c1. The third-order valence-electron chi connectivity index (χ3n) is 15.0. The number of rotatable bonds is 5. The minimum absolute atomic E-state index is 0.492. The van der Waals surface area contributed by atoms with Crippen LogP contribution in [-0.2, 0) is 5.41 Å². The molecule has 0 amide bonds. The maximum Gasteiger partial charge on any atom is 0.143 e. The van der Waals surface area contributed by atoms with E-state index in [1.54, 1.807) is 0 Å². The summed E-state index contributed by atoms with van der Waals surface area (Å²) < 4.78 is 9.36. The number of para-hydroxylation sites is 4. The molecular weight excluding hydrogens is 825 g/mol. The van der Waals surface area contributed by atoms with Crippen LogP contribution < -0.4 is 4.90 Å². The second-order valence-corrected chi connectivity index (χ2v) is 18.3. The fraction of sp³-hybridized carbons (Fsp3) is 0.0154. The third-order valence-corrected chi connectivity index (χ3v) is 15.0. The monoisotopic (exact) mass is 864 g/mol. The minimum atomic E-state index is -0.492. The number of anilines is 3. The molecule has 0 saturated carbocycles. The summed E-state index contributed by atoms with van der Waals surface area (Å²) in [6.07, 6.45) is 0. The standard InChI is InChI=1S/C65H40N2O/c1-2-18-42-38-63-55(37-41(42)17-1)54-28-16-27-53(64(54)68-63)52-26-8-12-32-60(52)66(43-19-15-20-44(39-43)67-61-33-13-6-24-50(61)51-25-7-14-34-62(51)67)45-35-36-49-48-23-5-11-31-58(48)65(59(49)40-45)56-29-9-3-21-46(56)47-22-4-10-30-57(47)65/h1-40H. The van der Waals surface area contributed by atoms with Gasteiger partial charge in [0.05, 0.1) is 22.1 Å². The lowest BCUT2D eigenvalue weighted by atomic mass is 9.70. The summed E-state index contributed by atoms with van der Waals surface area (Å²) in [5, 5.41) is 7.07. The number of hydrogen-bond donors (Lipinski definition) is 0. The van der Waals surface area contributed by atoms with Crippen molar-refractivity contribution in [2.75, 3.05) is 4.90 Å². The van der Waals surface area contributed by atoms with E-state index in [4.69, 9.17) is 4.42 Å². The molecule has 3 nitrogen and oxygen atoms in total. The van der Waals surface area contributed by atoms with Crippen molar-refractivity contribution < 1.29 is 4.42 Å². The fourth-order valence-corrected chi connectivity index (χ4v) is 12.2. The van der Waals surface area contributed by atoms with Crippen molar-refractivity contribution in [1.82, 2.24) is 4.57 Å². The summed E-state index contributed by atoms with van der Waals surface area (Å²) in [5.41, 5.74) is 20.5. The maximum atomic E-state index is 6.95. The Hall–Kier alpha value is -8.92. The van der Waals surface area contributed by atoms with E-state index in [2.05, 4.69) is 252 Å². The molecule has 0 bridgehead atoms. The van der Waals surface area contributed by atoms with Crippen LogP contribution in [0.4, 0.5) is 17.1 Å². The zero-order valence-electron chi connectivity index (χ0n) is 36.9. The van der Waals surface area contributed by atoms with Gasteiger partial charge in [0.2, 0.25) is 0 Å². The second kappa shape index (κ2) is 14.0. The van der Waals surface area contributed by atoms with Gasteiger partial charge in [-0.15, -0.1) is 0 Å². The molecule has 316 valence electrons. The van der Waals surface area contributed by atoms with Crippen LogP contribution in [-0.4, -0.2) is 4.57 Å². The lowest BCUT2D eigenvalue weighted by molar-refractivity contribution is 0.670. The van der Waals surface area contributed by atoms with E-state index in [0.29, 0.717) is 0 Å². The summed E-state index contributed by atoms with van der Waals surface area (Å²) in [4.78, 5) is 2.48. The van der Waals surface area contributed by atoms with Gasteiger partial charge >= 0.3 is 0 Å². The zero-order chi connectivity index (χ0) is 44.5. The fourth-order valence-electron chi connectivity index (χ4n) is 12.2. The van der Waals surface area contributed by atoms with Crippen LogP contribution in [0.1, 0.15) is 22.3 Å². The van der Waals surface area contributed by atoms with Crippen LogP contribution in [0.2, 0.25) is 0 Å². The Balaban J connectivity index is 1.01. The van der Waals surface area contributed by atoms with Gasteiger partial charge in [0.1, 0.15) is 11.2 Å². The molecule has 0 aliphatic heterocycles. The molecule has 0 radical (unpaired) electrons. The first-order valence-electron chi connectivity index (χ1n) is 23.5. The van der Waals surface area contributed by atoms with Gasteiger partial charge < -0.3 is 13.9 Å². The highest BCUT2D eigenvalue weighted by Gasteiger charge is 2.51. The van der Waals surface area contributed by atoms with Gasteiger partial charge in [-0.05, 0) is 116 Å². The van der Waals surface area contributed by atoms with Crippen LogP contribution in [0.3, 0.4) is 0 Å². The summed E-state index contributed by atoms with van der Waals surface area (Å²) in [6.45, 7) is 0. The first-order chi connectivity index (χ1) is 33.7. The molecule has 1 spiro atoms. The van der Waals surface area contributed by atoms with Crippen molar-refractivity contribution >= 4 is 71.6 Å². The number of nitrogens with zero attached hydrogens (tertiary/aromatic N) is 2. The van der Waals surface area contributed by atoms with Gasteiger partial charge in [0, 0.05) is 49.7 Å².